The number of ether oxygens (including phenoxy) is 1. The van der Waals surface area contributed by atoms with Crippen molar-refractivity contribution in [1.29, 1.82) is 0 Å². The number of rotatable bonds is 7. The maximum atomic E-state index is 13.1. The zero-order valence-corrected chi connectivity index (χ0v) is 18.2. The third kappa shape index (κ3) is 4.97. The van der Waals surface area contributed by atoms with Crippen molar-refractivity contribution in [2.24, 2.45) is 0 Å². The van der Waals surface area contributed by atoms with Gasteiger partial charge < -0.3 is 10.1 Å². The SMILES string of the molecule is CC[C@H](C(=O)Nc1cc(C)ccc1OC)N(c1cc(Cl)ccc1C)S(C)(=O)=O. The summed E-state index contributed by atoms with van der Waals surface area (Å²) >= 11 is 6.09. The summed E-state index contributed by atoms with van der Waals surface area (Å²) in [6.45, 7) is 5.43. The van der Waals surface area contributed by atoms with E-state index in [0.717, 1.165) is 16.1 Å². The lowest BCUT2D eigenvalue weighted by molar-refractivity contribution is -0.117. The molecule has 0 radical (unpaired) electrons. The molecular formula is C20H25ClN2O4S. The van der Waals surface area contributed by atoms with Gasteiger partial charge in [-0.15, -0.1) is 0 Å². The summed E-state index contributed by atoms with van der Waals surface area (Å²) in [4.78, 5) is 13.1. The molecule has 0 saturated heterocycles. The number of nitrogens with zero attached hydrogens (tertiary/aromatic N) is 1. The highest BCUT2D eigenvalue weighted by Gasteiger charge is 2.33. The first-order valence-electron chi connectivity index (χ1n) is 8.79. The number of carbonyl (C=O) groups excluding carboxylic acids is 1. The average molecular weight is 425 g/mol. The van der Waals surface area contributed by atoms with Gasteiger partial charge in [-0.2, -0.15) is 0 Å². The highest BCUT2D eigenvalue weighted by atomic mass is 35.5. The van der Waals surface area contributed by atoms with Gasteiger partial charge in [0, 0.05) is 5.02 Å². The Kier molecular flexibility index (Phi) is 6.96. The highest BCUT2D eigenvalue weighted by molar-refractivity contribution is 7.92. The van der Waals surface area contributed by atoms with Gasteiger partial charge in [0.05, 0.1) is 24.7 Å². The van der Waals surface area contributed by atoms with Crippen molar-refractivity contribution in [1.82, 2.24) is 0 Å². The number of carbonyl (C=O) groups is 1. The summed E-state index contributed by atoms with van der Waals surface area (Å²) in [6, 6.07) is 9.41. The predicted molar refractivity (Wildman–Crippen MR) is 114 cm³/mol. The molecule has 0 aliphatic carbocycles. The fourth-order valence-corrected chi connectivity index (χ4v) is 4.42. The van der Waals surface area contributed by atoms with E-state index in [9.17, 15) is 13.2 Å². The van der Waals surface area contributed by atoms with E-state index >= 15 is 0 Å². The number of amides is 1. The highest BCUT2D eigenvalue weighted by Crippen LogP contribution is 2.31. The van der Waals surface area contributed by atoms with Gasteiger partial charge in [-0.05, 0) is 55.7 Å². The Balaban J connectivity index is 2.48. The number of hydrogen-bond acceptors (Lipinski definition) is 4. The van der Waals surface area contributed by atoms with Crippen LogP contribution in [0.3, 0.4) is 0 Å². The van der Waals surface area contributed by atoms with Crippen LogP contribution in [0.2, 0.25) is 5.02 Å². The topological polar surface area (TPSA) is 75.7 Å². The van der Waals surface area contributed by atoms with Crippen molar-refractivity contribution in [3.63, 3.8) is 0 Å². The number of nitrogens with one attached hydrogen (secondary N) is 1. The Morgan fingerprint density at radius 3 is 2.46 bits per heavy atom. The normalized spacial score (nSPS) is 12.4. The molecule has 152 valence electrons. The zero-order chi connectivity index (χ0) is 21.1. The van der Waals surface area contributed by atoms with E-state index < -0.39 is 22.0 Å². The van der Waals surface area contributed by atoms with Crippen LogP contribution in [0, 0.1) is 13.8 Å². The van der Waals surface area contributed by atoms with Crippen LogP contribution in [0.15, 0.2) is 36.4 Å². The van der Waals surface area contributed by atoms with Gasteiger partial charge >= 0.3 is 0 Å². The minimum Gasteiger partial charge on any atom is -0.495 e. The van der Waals surface area contributed by atoms with Crippen molar-refractivity contribution in [3.05, 3.63) is 52.5 Å². The molecule has 2 aromatic carbocycles. The maximum absolute atomic E-state index is 13.1. The van der Waals surface area contributed by atoms with Crippen molar-refractivity contribution in [3.8, 4) is 5.75 Å². The third-order valence-corrected chi connectivity index (χ3v) is 5.75. The summed E-state index contributed by atoms with van der Waals surface area (Å²) in [7, 11) is -2.24. The van der Waals surface area contributed by atoms with Crippen molar-refractivity contribution < 1.29 is 17.9 Å². The first-order chi connectivity index (χ1) is 13.1. The first kappa shape index (κ1) is 22.0. The number of hydrogen-bond donors (Lipinski definition) is 1. The van der Waals surface area contributed by atoms with E-state index in [1.807, 2.05) is 13.0 Å². The van der Waals surface area contributed by atoms with Gasteiger partial charge in [0.1, 0.15) is 11.8 Å². The van der Waals surface area contributed by atoms with Gasteiger partial charge in [-0.3, -0.25) is 9.10 Å². The summed E-state index contributed by atoms with van der Waals surface area (Å²) < 4.78 is 31.6. The van der Waals surface area contributed by atoms with Crippen LogP contribution < -0.4 is 14.4 Å². The number of aryl methyl sites for hydroxylation is 2. The minimum atomic E-state index is -3.75. The van der Waals surface area contributed by atoms with Gasteiger partial charge in [0.25, 0.3) is 0 Å². The fraction of sp³-hybridized carbons (Fsp3) is 0.350. The standard InChI is InChI=1S/C20H25ClN2O4S/c1-6-17(20(24)22-16-11-13(2)7-10-19(16)27-4)23(28(5,25)26)18-12-15(21)9-8-14(18)3/h7-12,17H,6H2,1-5H3,(H,22,24)/t17-/m1/s1. The van der Waals surface area contributed by atoms with E-state index in [-0.39, 0.29) is 6.42 Å². The molecule has 28 heavy (non-hydrogen) atoms. The second-order valence-electron chi connectivity index (χ2n) is 6.61. The molecule has 1 amide bonds. The lowest BCUT2D eigenvalue weighted by Gasteiger charge is -2.31. The summed E-state index contributed by atoms with van der Waals surface area (Å²) in [5.41, 5.74) is 2.51. The average Bonchev–Trinajstić information content (AvgIpc) is 2.61. The molecule has 2 aromatic rings. The molecule has 0 aliphatic rings. The quantitative estimate of drug-likeness (QED) is 0.724. The number of halogens is 1. The maximum Gasteiger partial charge on any atom is 0.248 e. The number of methoxy groups -OCH3 is 1. The van der Waals surface area contributed by atoms with E-state index in [0.29, 0.717) is 27.7 Å². The molecule has 1 N–H and O–H groups in total. The summed E-state index contributed by atoms with van der Waals surface area (Å²) in [5.74, 6) is 0.0508. The fourth-order valence-electron chi connectivity index (χ4n) is 2.99. The molecule has 0 heterocycles. The smallest absolute Gasteiger partial charge is 0.248 e. The molecule has 0 aliphatic heterocycles. The molecule has 8 heteroatoms. The molecule has 0 fully saturated rings. The van der Waals surface area contributed by atoms with Crippen LogP contribution in [0.1, 0.15) is 24.5 Å². The Bertz CT molecular complexity index is 976. The monoisotopic (exact) mass is 424 g/mol. The van der Waals surface area contributed by atoms with Gasteiger partial charge in [0.15, 0.2) is 0 Å². The van der Waals surface area contributed by atoms with Crippen LogP contribution in [0.4, 0.5) is 11.4 Å². The largest absolute Gasteiger partial charge is 0.495 e. The molecule has 1 atom stereocenters. The number of anilines is 2. The second-order valence-corrected chi connectivity index (χ2v) is 8.90. The number of benzene rings is 2. The lowest BCUT2D eigenvalue weighted by Crippen LogP contribution is -2.47. The van der Waals surface area contributed by atoms with Crippen molar-refractivity contribution in [2.75, 3.05) is 23.0 Å². The van der Waals surface area contributed by atoms with Crippen LogP contribution in [0.25, 0.3) is 0 Å². The van der Waals surface area contributed by atoms with Crippen LogP contribution in [0.5, 0.6) is 5.75 Å². The molecular weight excluding hydrogens is 400 g/mol. The number of sulfonamides is 1. The van der Waals surface area contributed by atoms with Gasteiger partial charge in [-0.25, -0.2) is 8.42 Å². The molecule has 0 aromatic heterocycles. The van der Waals surface area contributed by atoms with E-state index in [1.165, 1.54) is 7.11 Å². The molecule has 0 spiro atoms. The molecule has 2 rings (SSSR count). The first-order valence-corrected chi connectivity index (χ1v) is 11.0. The van der Waals surface area contributed by atoms with Crippen LogP contribution in [-0.2, 0) is 14.8 Å². The summed E-state index contributed by atoms with van der Waals surface area (Å²) in [6.07, 6.45) is 1.36. The molecule has 0 unspecified atom stereocenters. The van der Waals surface area contributed by atoms with Crippen molar-refractivity contribution in [2.45, 2.75) is 33.2 Å². The Labute approximate surface area is 171 Å². The lowest BCUT2D eigenvalue weighted by atomic mass is 10.1. The zero-order valence-electron chi connectivity index (χ0n) is 16.6. The van der Waals surface area contributed by atoms with Gasteiger partial charge in [0.2, 0.25) is 15.9 Å². The second kappa shape index (κ2) is 8.84. The third-order valence-electron chi connectivity index (χ3n) is 4.35. The van der Waals surface area contributed by atoms with Crippen LogP contribution >= 0.6 is 11.6 Å². The summed E-state index contributed by atoms with van der Waals surface area (Å²) in [5, 5.41) is 3.20. The van der Waals surface area contributed by atoms with Crippen molar-refractivity contribution >= 4 is 38.9 Å². The van der Waals surface area contributed by atoms with E-state index in [1.54, 1.807) is 44.2 Å². The Morgan fingerprint density at radius 2 is 1.89 bits per heavy atom. The molecule has 0 bridgehead atoms. The van der Waals surface area contributed by atoms with Gasteiger partial charge in [-0.1, -0.05) is 30.7 Å². The Hall–Kier alpha value is -2.25. The predicted octanol–water partition coefficient (Wildman–Crippen LogP) is 4.15. The molecule has 0 saturated carbocycles. The van der Waals surface area contributed by atoms with E-state index in [4.69, 9.17) is 16.3 Å². The van der Waals surface area contributed by atoms with E-state index in [2.05, 4.69) is 5.32 Å². The van der Waals surface area contributed by atoms with Crippen LogP contribution in [-0.4, -0.2) is 33.7 Å². The molecule has 6 nitrogen and oxygen atoms in total. The Morgan fingerprint density at radius 1 is 1.21 bits per heavy atom. The minimum absolute atomic E-state index is 0.277.